The number of hydrogen-bond donors (Lipinski definition) is 0. The highest BCUT2D eigenvalue weighted by molar-refractivity contribution is 6.03. The van der Waals surface area contributed by atoms with Gasteiger partial charge in [-0.1, -0.05) is 48.5 Å². The molecule has 0 amide bonds. The predicted molar refractivity (Wildman–Crippen MR) is 71.5 cm³/mol. The van der Waals surface area contributed by atoms with Crippen LogP contribution in [0.2, 0.25) is 0 Å². The molecule has 0 aromatic heterocycles. The Morgan fingerprint density at radius 1 is 0.833 bits per heavy atom. The molecule has 88 valence electrons. The van der Waals surface area contributed by atoms with Gasteiger partial charge in [0.05, 0.1) is 5.41 Å². The highest BCUT2D eigenvalue weighted by Gasteiger charge is 2.50. The summed E-state index contributed by atoms with van der Waals surface area (Å²) in [5, 5.41) is 0. The molecule has 4 rings (SSSR count). The fourth-order valence-electron chi connectivity index (χ4n) is 3.76. The van der Waals surface area contributed by atoms with E-state index in [2.05, 4.69) is 48.5 Å². The summed E-state index contributed by atoms with van der Waals surface area (Å²) in [7, 11) is 0. The summed E-state index contributed by atoms with van der Waals surface area (Å²) in [6.45, 7) is 0. The highest BCUT2D eigenvalue weighted by atomic mass is 16.1. The average Bonchev–Trinajstić information content (AvgIpc) is 2.94. The van der Waals surface area contributed by atoms with Crippen molar-refractivity contribution in [1.82, 2.24) is 0 Å². The summed E-state index contributed by atoms with van der Waals surface area (Å²) < 4.78 is 0. The number of Topliss-reactive ketones (excluding diaryl/α,β-unsaturated/α-hetero) is 1. The average molecular weight is 234 g/mol. The van der Waals surface area contributed by atoms with Gasteiger partial charge in [0.15, 0.2) is 0 Å². The lowest BCUT2D eigenvalue weighted by atomic mass is 9.76. The Kier molecular flexibility index (Phi) is 1.86. The van der Waals surface area contributed by atoms with E-state index in [4.69, 9.17) is 0 Å². The molecular formula is C17H14O. The maximum Gasteiger partial charge on any atom is 0.147 e. The molecule has 0 N–H and O–H groups in total. The maximum absolute atomic E-state index is 12.5. The highest BCUT2D eigenvalue weighted by Crippen LogP contribution is 2.54. The van der Waals surface area contributed by atoms with Crippen molar-refractivity contribution in [2.24, 2.45) is 0 Å². The maximum atomic E-state index is 12.5. The Morgan fingerprint density at radius 2 is 1.39 bits per heavy atom. The van der Waals surface area contributed by atoms with Gasteiger partial charge in [0, 0.05) is 6.42 Å². The predicted octanol–water partition coefficient (Wildman–Crippen LogP) is 3.71. The molecule has 0 saturated heterocycles. The second kappa shape index (κ2) is 3.32. The summed E-state index contributed by atoms with van der Waals surface area (Å²) >= 11 is 0. The normalized spacial score (nSPS) is 19.0. The van der Waals surface area contributed by atoms with Crippen molar-refractivity contribution < 1.29 is 4.79 Å². The Bertz CT molecular complexity index is 609. The molecule has 2 aromatic rings. The molecule has 1 heteroatoms. The summed E-state index contributed by atoms with van der Waals surface area (Å²) in [6, 6.07) is 16.8. The monoisotopic (exact) mass is 234 g/mol. The van der Waals surface area contributed by atoms with Gasteiger partial charge in [0.25, 0.3) is 0 Å². The van der Waals surface area contributed by atoms with Crippen LogP contribution in [-0.2, 0) is 10.2 Å². The molecule has 0 bridgehead atoms. The van der Waals surface area contributed by atoms with Gasteiger partial charge in [0.2, 0.25) is 0 Å². The van der Waals surface area contributed by atoms with Gasteiger partial charge in [-0.25, -0.2) is 0 Å². The summed E-state index contributed by atoms with van der Waals surface area (Å²) in [4.78, 5) is 12.5. The van der Waals surface area contributed by atoms with Crippen LogP contribution in [0.4, 0.5) is 0 Å². The molecule has 2 aliphatic carbocycles. The third kappa shape index (κ3) is 1.01. The Hall–Kier alpha value is -1.89. The zero-order valence-electron chi connectivity index (χ0n) is 10.1. The molecule has 1 spiro atoms. The minimum Gasteiger partial charge on any atom is -0.298 e. The van der Waals surface area contributed by atoms with E-state index < -0.39 is 0 Å². The Balaban J connectivity index is 2.13. The standard InChI is InChI=1S/C17H14O/c18-16-10-5-11-17(16)14-8-3-1-6-12(14)13-7-2-4-9-15(13)17/h1-4,6-9H,5,10-11H2. The number of rotatable bonds is 0. The second-order valence-electron chi connectivity index (χ2n) is 5.27. The van der Waals surface area contributed by atoms with Crippen LogP contribution >= 0.6 is 0 Å². The first-order valence-corrected chi connectivity index (χ1v) is 6.57. The van der Waals surface area contributed by atoms with E-state index in [1.165, 1.54) is 22.3 Å². The molecule has 2 aromatic carbocycles. The molecule has 0 aliphatic heterocycles. The van der Waals surface area contributed by atoms with Crippen LogP contribution in [-0.4, -0.2) is 5.78 Å². The quantitative estimate of drug-likeness (QED) is 0.679. The Labute approximate surface area is 106 Å². The van der Waals surface area contributed by atoms with E-state index in [0.29, 0.717) is 5.78 Å². The summed E-state index contributed by atoms with van der Waals surface area (Å²) in [5.74, 6) is 0.403. The number of benzene rings is 2. The van der Waals surface area contributed by atoms with Crippen LogP contribution in [0.15, 0.2) is 48.5 Å². The fraction of sp³-hybridized carbons (Fsp3) is 0.235. The van der Waals surface area contributed by atoms with Crippen LogP contribution in [0, 0.1) is 0 Å². The van der Waals surface area contributed by atoms with Crippen molar-refractivity contribution in [2.45, 2.75) is 24.7 Å². The first kappa shape index (κ1) is 10.1. The lowest BCUT2D eigenvalue weighted by Crippen LogP contribution is -2.29. The largest absolute Gasteiger partial charge is 0.298 e. The Morgan fingerprint density at radius 3 is 1.89 bits per heavy atom. The first-order chi connectivity index (χ1) is 8.84. The molecule has 1 fully saturated rings. The summed E-state index contributed by atoms with van der Waals surface area (Å²) in [5.41, 5.74) is 4.64. The molecule has 18 heavy (non-hydrogen) atoms. The second-order valence-corrected chi connectivity index (χ2v) is 5.27. The lowest BCUT2D eigenvalue weighted by molar-refractivity contribution is -0.120. The summed E-state index contributed by atoms with van der Waals surface area (Å²) in [6.07, 6.45) is 2.71. The van der Waals surface area contributed by atoms with E-state index in [-0.39, 0.29) is 5.41 Å². The van der Waals surface area contributed by atoms with E-state index >= 15 is 0 Å². The van der Waals surface area contributed by atoms with Crippen LogP contribution in [0.1, 0.15) is 30.4 Å². The number of hydrogen-bond acceptors (Lipinski definition) is 1. The van der Waals surface area contributed by atoms with E-state index in [9.17, 15) is 4.79 Å². The molecule has 0 atom stereocenters. The molecular weight excluding hydrogens is 220 g/mol. The van der Waals surface area contributed by atoms with Crippen molar-refractivity contribution in [3.63, 3.8) is 0 Å². The first-order valence-electron chi connectivity index (χ1n) is 6.57. The molecule has 1 nitrogen and oxygen atoms in total. The van der Waals surface area contributed by atoms with E-state index in [1.54, 1.807) is 0 Å². The van der Waals surface area contributed by atoms with Crippen LogP contribution in [0.25, 0.3) is 11.1 Å². The molecule has 0 unspecified atom stereocenters. The zero-order valence-corrected chi connectivity index (χ0v) is 10.1. The van der Waals surface area contributed by atoms with Gasteiger partial charge >= 0.3 is 0 Å². The topological polar surface area (TPSA) is 17.1 Å². The third-order valence-electron chi connectivity index (χ3n) is 4.50. The molecule has 0 radical (unpaired) electrons. The van der Waals surface area contributed by atoms with Crippen molar-refractivity contribution in [3.8, 4) is 11.1 Å². The van der Waals surface area contributed by atoms with Crippen LogP contribution in [0.5, 0.6) is 0 Å². The number of carbonyl (C=O) groups is 1. The third-order valence-corrected chi connectivity index (χ3v) is 4.50. The fourth-order valence-corrected chi connectivity index (χ4v) is 3.76. The van der Waals surface area contributed by atoms with Gasteiger partial charge in [0.1, 0.15) is 5.78 Å². The smallest absolute Gasteiger partial charge is 0.147 e. The van der Waals surface area contributed by atoms with Gasteiger partial charge in [-0.15, -0.1) is 0 Å². The number of ketones is 1. The van der Waals surface area contributed by atoms with Crippen molar-refractivity contribution in [1.29, 1.82) is 0 Å². The minimum atomic E-state index is -0.326. The minimum absolute atomic E-state index is 0.326. The van der Waals surface area contributed by atoms with Crippen molar-refractivity contribution in [2.75, 3.05) is 0 Å². The molecule has 2 aliphatic rings. The van der Waals surface area contributed by atoms with E-state index in [1.807, 2.05) is 0 Å². The van der Waals surface area contributed by atoms with Crippen molar-refractivity contribution >= 4 is 5.78 Å². The lowest BCUT2D eigenvalue weighted by Gasteiger charge is -2.24. The van der Waals surface area contributed by atoms with Crippen LogP contribution < -0.4 is 0 Å². The number of fused-ring (bicyclic) bond motifs is 5. The van der Waals surface area contributed by atoms with Gasteiger partial charge < -0.3 is 0 Å². The number of carbonyl (C=O) groups excluding carboxylic acids is 1. The molecule has 0 heterocycles. The zero-order chi connectivity index (χ0) is 12.2. The van der Waals surface area contributed by atoms with Gasteiger partial charge in [-0.3, -0.25) is 4.79 Å². The van der Waals surface area contributed by atoms with Gasteiger partial charge in [-0.2, -0.15) is 0 Å². The van der Waals surface area contributed by atoms with Crippen molar-refractivity contribution in [3.05, 3.63) is 59.7 Å². The van der Waals surface area contributed by atoms with Gasteiger partial charge in [-0.05, 0) is 35.1 Å². The molecule has 1 saturated carbocycles. The van der Waals surface area contributed by atoms with E-state index in [0.717, 1.165) is 19.3 Å². The SMILES string of the molecule is O=C1CCCC12c1ccccc1-c1ccccc12. The van der Waals surface area contributed by atoms with Crippen LogP contribution in [0.3, 0.4) is 0 Å².